The second-order valence-electron chi connectivity index (χ2n) is 4.06. The Morgan fingerprint density at radius 1 is 1.53 bits per heavy atom. The van der Waals surface area contributed by atoms with Crippen LogP contribution in [0, 0.1) is 16.0 Å². The van der Waals surface area contributed by atoms with Crippen LogP contribution in [-0.4, -0.2) is 11.5 Å². The molecule has 0 aromatic heterocycles. The van der Waals surface area contributed by atoms with Crippen molar-refractivity contribution in [1.29, 1.82) is 0 Å². The SMILES string of the molecule is CC(C)CONCc1ccc([N+](=O)[O-])cc1Cl. The average Bonchev–Trinajstić information content (AvgIpc) is 2.25. The first-order chi connectivity index (χ1) is 8.00. The van der Waals surface area contributed by atoms with Gasteiger partial charge in [0.15, 0.2) is 0 Å². The number of non-ortho nitro benzene ring substituents is 1. The summed E-state index contributed by atoms with van der Waals surface area (Å²) in [6.07, 6.45) is 0. The van der Waals surface area contributed by atoms with Crippen molar-refractivity contribution >= 4 is 17.3 Å². The number of rotatable bonds is 6. The van der Waals surface area contributed by atoms with E-state index in [0.717, 1.165) is 5.56 Å². The van der Waals surface area contributed by atoms with Crippen LogP contribution in [0.3, 0.4) is 0 Å². The zero-order chi connectivity index (χ0) is 12.8. The molecule has 0 saturated carbocycles. The Balaban J connectivity index is 2.52. The van der Waals surface area contributed by atoms with E-state index in [2.05, 4.69) is 5.48 Å². The Kier molecular flexibility index (Phi) is 5.34. The number of hydrogen-bond acceptors (Lipinski definition) is 4. The lowest BCUT2D eigenvalue weighted by atomic mass is 10.2. The highest BCUT2D eigenvalue weighted by molar-refractivity contribution is 6.31. The quantitative estimate of drug-likeness (QED) is 0.484. The van der Waals surface area contributed by atoms with E-state index in [0.29, 0.717) is 24.1 Å². The molecular weight excluding hydrogens is 244 g/mol. The molecule has 17 heavy (non-hydrogen) atoms. The zero-order valence-electron chi connectivity index (χ0n) is 9.77. The first-order valence-corrected chi connectivity index (χ1v) is 5.66. The molecule has 5 nitrogen and oxygen atoms in total. The van der Waals surface area contributed by atoms with Crippen LogP contribution in [0.2, 0.25) is 5.02 Å². The molecule has 0 aliphatic carbocycles. The monoisotopic (exact) mass is 258 g/mol. The summed E-state index contributed by atoms with van der Waals surface area (Å²) >= 11 is 5.91. The molecule has 0 fully saturated rings. The summed E-state index contributed by atoms with van der Waals surface area (Å²) in [6.45, 7) is 5.11. The first-order valence-electron chi connectivity index (χ1n) is 5.28. The van der Waals surface area contributed by atoms with Gasteiger partial charge in [0.25, 0.3) is 5.69 Å². The number of benzene rings is 1. The van der Waals surface area contributed by atoms with Crippen LogP contribution >= 0.6 is 11.6 Å². The van der Waals surface area contributed by atoms with E-state index < -0.39 is 4.92 Å². The van der Waals surface area contributed by atoms with Gasteiger partial charge in [-0.25, -0.2) is 0 Å². The summed E-state index contributed by atoms with van der Waals surface area (Å²) in [5, 5.41) is 10.9. The molecule has 0 aliphatic heterocycles. The molecule has 0 amide bonds. The van der Waals surface area contributed by atoms with Crippen LogP contribution in [0.1, 0.15) is 19.4 Å². The summed E-state index contributed by atoms with van der Waals surface area (Å²) in [6, 6.07) is 4.37. The molecule has 0 bridgehead atoms. The number of nitrogens with zero attached hydrogens (tertiary/aromatic N) is 1. The van der Waals surface area contributed by atoms with Crippen LogP contribution in [0.25, 0.3) is 0 Å². The molecule has 6 heteroatoms. The van der Waals surface area contributed by atoms with Gasteiger partial charge >= 0.3 is 0 Å². The third-order valence-corrected chi connectivity index (χ3v) is 2.38. The molecule has 1 N–H and O–H groups in total. The molecule has 1 aromatic carbocycles. The van der Waals surface area contributed by atoms with E-state index >= 15 is 0 Å². The maximum atomic E-state index is 10.5. The summed E-state index contributed by atoms with van der Waals surface area (Å²) in [5.74, 6) is 0.440. The molecule has 1 aromatic rings. The van der Waals surface area contributed by atoms with E-state index in [9.17, 15) is 10.1 Å². The Hall–Kier alpha value is -1.17. The lowest BCUT2D eigenvalue weighted by molar-refractivity contribution is -0.384. The highest BCUT2D eigenvalue weighted by atomic mass is 35.5. The second kappa shape index (κ2) is 6.54. The fourth-order valence-electron chi connectivity index (χ4n) is 1.15. The van der Waals surface area contributed by atoms with Gasteiger partial charge in [0.05, 0.1) is 16.6 Å². The van der Waals surface area contributed by atoms with E-state index in [-0.39, 0.29) is 5.69 Å². The number of nitro benzene ring substituents is 1. The van der Waals surface area contributed by atoms with E-state index in [1.54, 1.807) is 6.07 Å². The molecule has 0 spiro atoms. The Bertz CT molecular complexity index is 396. The van der Waals surface area contributed by atoms with Gasteiger partial charge < -0.3 is 4.84 Å². The molecule has 0 radical (unpaired) electrons. The minimum atomic E-state index is -0.474. The van der Waals surface area contributed by atoms with Crippen molar-refractivity contribution in [3.8, 4) is 0 Å². The van der Waals surface area contributed by atoms with E-state index in [1.807, 2.05) is 13.8 Å². The molecule has 1 rings (SSSR count). The summed E-state index contributed by atoms with van der Waals surface area (Å²) < 4.78 is 0. The van der Waals surface area contributed by atoms with Crippen LogP contribution in [-0.2, 0) is 11.4 Å². The predicted octanol–water partition coefficient (Wildman–Crippen LogP) is 2.93. The normalized spacial score (nSPS) is 10.8. The minimum Gasteiger partial charge on any atom is -0.301 e. The van der Waals surface area contributed by atoms with Gasteiger partial charge in [-0.15, -0.1) is 0 Å². The van der Waals surface area contributed by atoms with Crippen LogP contribution in [0.15, 0.2) is 18.2 Å². The number of hydroxylamine groups is 1. The maximum absolute atomic E-state index is 10.5. The van der Waals surface area contributed by atoms with Crippen LogP contribution in [0.5, 0.6) is 0 Å². The van der Waals surface area contributed by atoms with Gasteiger partial charge in [0.2, 0.25) is 0 Å². The van der Waals surface area contributed by atoms with Crippen molar-refractivity contribution in [2.45, 2.75) is 20.4 Å². The summed E-state index contributed by atoms with van der Waals surface area (Å²) in [4.78, 5) is 15.2. The lowest BCUT2D eigenvalue weighted by Gasteiger charge is -2.08. The fraction of sp³-hybridized carbons (Fsp3) is 0.455. The topological polar surface area (TPSA) is 64.4 Å². The van der Waals surface area contributed by atoms with Crippen molar-refractivity contribution in [3.63, 3.8) is 0 Å². The van der Waals surface area contributed by atoms with E-state index in [1.165, 1.54) is 12.1 Å². The van der Waals surface area contributed by atoms with Gasteiger partial charge in [-0.2, -0.15) is 5.48 Å². The van der Waals surface area contributed by atoms with Crippen molar-refractivity contribution in [2.75, 3.05) is 6.61 Å². The first kappa shape index (κ1) is 13.9. The molecule has 0 unspecified atom stereocenters. The van der Waals surface area contributed by atoms with Crippen molar-refractivity contribution in [2.24, 2.45) is 5.92 Å². The second-order valence-corrected chi connectivity index (χ2v) is 4.47. The third kappa shape index (κ3) is 4.68. The fourth-order valence-corrected chi connectivity index (χ4v) is 1.39. The molecular formula is C11H15ClN2O3. The largest absolute Gasteiger partial charge is 0.301 e. The standard InChI is InChI=1S/C11H15ClN2O3/c1-8(2)7-17-13-6-9-3-4-10(14(15)16)5-11(9)12/h3-5,8,13H,6-7H2,1-2H3. The van der Waals surface area contributed by atoms with Crippen LogP contribution < -0.4 is 5.48 Å². The van der Waals surface area contributed by atoms with E-state index in [4.69, 9.17) is 16.4 Å². The summed E-state index contributed by atoms with van der Waals surface area (Å²) in [5.41, 5.74) is 3.52. The molecule has 0 aliphatic rings. The van der Waals surface area contributed by atoms with Gasteiger partial charge in [0, 0.05) is 18.7 Å². The zero-order valence-corrected chi connectivity index (χ0v) is 10.5. The smallest absolute Gasteiger partial charge is 0.270 e. The Morgan fingerprint density at radius 2 is 2.24 bits per heavy atom. The molecule has 0 saturated heterocycles. The number of halogens is 1. The molecule has 94 valence electrons. The maximum Gasteiger partial charge on any atom is 0.270 e. The molecule has 0 heterocycles. The predicted molar refractivity (Wildman–Crippen MR) is 65.7 cm³/mol. The molecule has 0 atom stereocenters. The van der Waals surface area contributed by atoms with Gasteiger partial charge in [-0.3, -0.25) is 10.1 Å². The van der Waals surface area contributed by atoms with Crippen molar-refractivity contribution in [1.82, 2.24) is 5.48 Å². The third-order valence-electron chi connectivity index (χ3n) is 2.03. The Morgan fingerprint density at radius 3 is 2.76 bits per heavy atom. The van der Waals surface area contributed by atoms with Gasteiger partial charge in [-0.05, 0) is 17.5 Å². The number of hydrogen-bond donors (Lipinski definition) is 1. The van der Waals surface area contributed by atoms with Crippen molar-refractivity contribution in [3.05, 3.63) is 38.9 Å². The number of nitro groups is 1. The lowest BCUT2D eigenvalue weighted by Crippen LogP contribution is -2.17. The highest BCUT2D eigenvalue weighted by Gasteiger charge is 2.09. The van der Waals surface area contributed by atoms with Gasteiger partial charge in [0.1, 0.15) is 0 Å². The highest BCUT2D eigenvalue weighted by Crippen LogP contribution is 2.22. The summed E-state index contributed by atoms with van der Waals surface area (Å²) in [7, 11) is 0. The average molecular weight is 259 g/mol. The number of nitrogens with one attached hydrogen (secondary N) is 1. The minimum absolute atomic E-state index is 0.0122. The van der Waals surface area contributed by atoms with Crippen LogP contribution in [0.4, 0.5) is 5.69 Å². The van der Waals surface area contributed by atoms with Crippen molar-refractivity contribution < 1.29 is 9.76 Å². The van der Waals surface area contributed by atoms with Gasteiger partial charge in [-0.1, -0.05) is 25.4 Å². The Labute approximate surface area is 105 Å².